The Balaban J connectivity index is 1.36. The van der Waals surface area contributed by atoms with Crippen molar-refractivity contribution in [3.8, 4) is 11.8 Å². The van der Waals surface area contributed by atoms with E-state index in [-0.39, 0.29) is 28.9 Å². The third-order valence-electron chi connectivity index (χ3n) is 7.17. The molecule has 7 heteroatoms. The molecule has 180 valence electrons. The first-order valence-corrected chi connectivity index (χ1v) is 12.1. The highest BCUT2D eigenvalue weighted by Crippen LogP contribution is 2.55. The van der Waals surface area contributed by atoms with E-state index in [0.29, 0.717) is 27.8 Å². The average molecular weight is 482 g/mol. The summed E-state index contributed by atoms with van der Waals surface area (Å²) in [6.45, 7) is 11.0. The van der Waals surface area contributed by atoms with Crippen LogP contribution in [0.15, 0.2) is 42.5 Å². The lowest BCUT2D eigenvalue weighted by molar-refractivity contribution is -0.164. The molecule has 34 heavy (non-hydrogen) atoms. The van der Waals surface area contributed by atoms with E-state index in [2.05, 4.69) is 44.4 Å². The van der Waals surface area contributed by atoms with Gasteiger partial charge in [-0.1, -0.05) is 39.3 Å². The van der Waals surface area contributed by atoms with Crippen molar-refractivity contribution in [1.82, 2.24) is 5.32 Å². The van der Waals surface area contributed by atoms with Crippen LogP contribution in [0.25, 0.3) is 0 Å². The lowest BCUT2D eigenvalue weighted by Gasteiger charge is -2.63. The molecule has 2 aliphatic rings. The molecule has 2 aromatic rings. The van der Waals surface area contributed by atoms with Crippen LogP contribution in [0, 0.1) is 28.1 Å². The van der Waals surface area contributed by atoms with Gasteiger partial charge in [0.2, 0.25) is 0 Å². The Bertz CT molecular complexity index is 1070. The smallest absolute Gasteiger partial charge is 0.251 e. The number of amides is 1. The molecule has 1 heterocycles. The fourth-order valence-electron chi connectivity index (χ4n) is 5.42. The van der Waals surface area contributed by atoms with Crippen LogP contribution >= 0.6 is 11.6 Å². The summed E-state index contributed by atoms with van der Waals surface area (Å²) in [6.07, 6.45) is 0.952. The lowest BCUT2D eigenvalue weighted by Crippen LogP contribution is -2.74. The number of carbonyl (C=O) groups is 1. The molecule has 0 radical (unpaired) electrons. The Morgan fingerprint density at radius 2 is 1.82 bits per heavy atom. The molecule has 1 saturated carbocycles. The van der Waals surface area contributed by atoms with Crippen molar-refractivity contribution in [2.75, 3.05) is 25.1 Å². The molecule has 0 aromatic heterocycles. The van der Waals surface area contributed by atoms with Crippen LogP contribution in [0.1, 0.15) is 50.0 Å². The molecule has 6 nitrogen and oxygen atoms in total. The van der Waals surface area contributed by atoms with Crippen molar-refractivity contribution < 1.29 is 14.3 Å². The van der Waals surface area contributed by atoms with Crippen molar-refractivity contribution in [1.29, 1.82) is 5.26 Å². The Kier molecular flexibility index (Phi) is 6.80. The molecule has 0 spiro atoms. The highest BCUT2D eigenvalue weighted by Gasteiger charge is 2.64. The van der Waals surface area contributed by atoms with E-state index in [4.69, 9.17) is 26.3 Å². The van der Waals surface area contributed by atoms with Crippen LogP contribution in [0.4, 0.5) is 5.69 Å². The van der Waals surface area contributed by atoms with Gasteiger partial charge in [-0.15, -0.1) is 0 Å². The number of halogens is 1. The molecule has 1 saturated heterocycles. The Morgan fingerprint density at radius 1 is 1.15 bits per heavy atom. The molecule has 0 unspecified atom stereocenters. The van der Waals surface area contributed by atoms with Gasteiger partial charge >= 0.3 is 0 Å². The molecular weight excluding hydrogens is 450 g/mol. The summed E-state index contributed by atoms with van der Waals surface area (Å²) >= 11 is 6.17. The maximum absolute atomic E-state index is 13.0. The summed E-state index contributed by atoms with van der Waals surface area (Å²) in [6, 6.07) is 14.7. The number of carbonyl (C=O) groups excluding carboxylic acids is 1. The van der Waals surface area contributed by atoms with E-state index in [1.165, 1.54) is 0 Å². The van der Waals surface area contributed by atoms with E-state index in [1.54, 1.807) is 18.2 Å². The van der Waals surface area contributed by atoms with Gasteiger partial charge in [-0.3, -0.25) is 4.79 Å². The van der Waals surface area contributed by atoms with Gasteiger partial charge in [-0.05, 0) is 42.8 Å². The molecule has 1 aliphatic carbocycles. The number of nitrogens with zero attached hydrogens (tertiary/aromatic N) is 1. The number of hydrogen-bond acceptors (Lipinski definition) is 5. The van der Waals surface area contributed by atoms with Crippen LogP contribution in [0.5, 0.6) is 5.75 Å². The summed E-state index contributed by atoms with van der Waals surface area (Å²) in [4.78, 5) is 13.0. The maximum atomic E-state index is 13.0. The molecule has 0 atom stereocenters. The second-order valence-corrected chi connectivity index (χ2v) is 10.9. The van der Waals surface area contributed by atoms with Gasteiger partial charge in [-0.2, -0.15) is 5.26 Å². The Labute approximate surface area is 206 Å². The third-order valence-corrected chi connectivity index (χ3v) is 7.48. The first kappa shape index (κ1) is 24.4. The summed E-state index contributed by atoms with van der Waals surface area (Å²) in [7, 11) is 0. The van der Waals surface area contributed by atoms with Gasteiger partial charge in [0, 0.05) is 46.7 Å². The fourth-order valence-corrected chi connectivity index (χ4v) is 5.63. The molecule has 1 aliphatic heterocycles. The van der Waals surface area contributed by atoms with E-state index in [9.17, 15) is 4.79 Å². The van der Waals surface area contributed by atoms with Crippen molar-refractivity contribution >= 4 is 23.2 Å². The second-order valence-electron chi connectivity index (χ2n) is 10.5. The van der Waals surface area contributed by atoms with Gasteiger partial charge in [0.1, 0.15) is 17.9 Å². The minimum Gasteiger partial charge on any atom is -0.489 e. The van der Waals surface area contributed by atoms with Crippen LogP contribution in [-0.4, -0.2) is 37.8 Å². The van der Waals surface area contributed by atoms with Crippen LogP contribution in [-0.2, 0) is 4.74 Å². The SMILES string of the molecule is CC1(C)C(NC(=O)c2ccc(NCCC3COC3)cc2)C(C)(C)C1Oc1ccc(C#N)c(Cl)c1. The quantitative estimate of drug-likeness (QED) is 0.536. The number of rotatable bonds is 8. The largest absolute Gasteiger partial charge is 0.489 e. The normalized spacial score (nSPS) is 22.6. The number of hydrogen-bond donors (Lipinski definition) is 2. The van der Waals surface area contributed by atoms with Gasteiger partial charge in [0.25, 0.3) is 5.91 Å². The molecule has 2 N–H and O–H groups in total. The Hall–Kier alpha value is -2.75. The van der Waals surface area contributed by atoms with E-state index in [0.717, 1.165) is 31.9 Å². The zero-order valence-corrected chi connectivity index (χ0v) is 20.9. The zero-order valence-electron chi connectivity index (χ0n) is 20.2. The van der Waals surface area contributed by atoms with Crippen LogP contribution in [0.2, 0.25) is 5.02 Å². The predicted octanol–water partition coefficient (Wildman–Crippen LogP) is 5.27. The molecule has 0 bridgehead atoms. The Morgan fingerprint density at radius 3 is 2.38 bits per heavy atom. The van der Waals surface area contributed by atoms with Gasteiger partial charge in [0.05, 0.1) is 23.8 Å². The summed E-state index contributed by atoms with van der Waals surface area (Å²) < 4.78 is 11.5. The van der Waals surface area contributed by atoms with Crippen molar-refractivity contribution in [3.63, 3.8) is 0 Å². The maximum Gasteiger partial charge on any atom is 0.251 e. The van der Waals surface area contributed by atoms with E-state index < -0.39 is 0 Å². The van der Waals surface area contributed by atoms with Gasteiger partial charge < -0.3 is 20.1 Å². The van der Waals surface area contributed by atoms with Crippen molar-refractivity contribution in [3.05, 3.63) is 58.6 Å². The van der Waals surface area contributed by atoms with Gasteiger partial charge in [-0.25, -0.2) is 0 Å². The molecule has 2 aromatic carbocycles. The number of ether oxygens (including phenoxy) is 2. The predicted molar refractivity (Wildman–Crippen MR) is 133 cm³/mol. The van der Waals surface area contributed by atoms with Crippen LogP contribution < -0.4 is 15.4 Å². The number of nitrogens with one attached hydrogen (secondary N) is 2. The average Bonchev–Trinajstić information content (AvgIpc) is 2.77. The molecule has 1 amide bonds. The minimum atomic E-state index is -0.299. The standard InChI is InChI=1S/C27H32ClN3O3/c1-26(2)24(27(3,4)25(26)34-21-10-7-19(14-29)22(28)13-21)31-23(32)18-5-8-20(9-6-18)30-12-11-17-15-33-16-17/h5-10,13,17,24-25,30H,11-12,15-16H2,1-4H3,(H,31,32). The first-order valence-electron chi connectivity index (χ1n) is 11.7. The second kappa shape index (κ2) is 9.48. The number of nitriles is 1. The van der Waals surface area contributed by atoms with E-state index >= 15 is 0 Å². The number of benzene rings is 2. The molecular formula is C27H32ClN3O3. The summed E-state index contributed by atoms with van der Waals surface area (Å²) in [5, 5.41) is 16.1. The first-order chi connectivity index (χ1) is 16.1. The van der Waals surface area contributed by atoms with Crippen molar-refractivity contribution in [2.45, 2.75) is 46.3 Å². The van der Waals surface area contributed by atoms with Crippen molar-refractivity contribution in [2.24, 2.45) is 16.7 Å². The summed E-state index contributed by atoms with van der Waals surface area (Å²) in [5.74, 6) is 1.19. The number of anilines is 1. The zero-order chi connectivity index (χ0) is 24.5. The molecule has 4 rings (SSSR count). The van der Waals surface area contributed by atoms with E-state index in [1.807, 2.05) is 24.3 Å². The monoisotopic (exact) mass is 481 g/mol. The fraction of sp³-hybridized carbons (Fsp3) is 0.481. The summed E-state index contributed by atoms with van der Waals surface area (Å²) in [5.41, 5.74) is 1.46. The lowest BCUT2D eigenvalue weighted by atomic mass is 9.49. The van der Waals surface area contributed by atoms with Gasteiger partial charge in [0.15, 0.2) is 0 Å². The molecule has 2 fully saturated rings. The minimum absolute atomic E-state index is 0.0751. The highest BCUT2D eigenvalue weighted by molar-refractivity contribution is 6.31. The third kappa shape index (κ3) is 4.73. The van der Waals surface area contributed by atoms with Crippen LogP contribution in [0.3, 0.4) is 0 Å². The highest BCUT2D eigenvalue weighted by atomic mass is 35.5. The topological polar surface area (TPSA) is 83.4 Å².